The minimum absolute atomic E-state index is 0. The smallest absolute Gasteiger partial charge is 0.251 e. The quantitative estimate of drug-likeness (QED) is 0.610. The standard InChI is InChI=1S/C7H13F2N.ClH/c1-6(2)5-7(8,9)3-4-10-6;/h10H,3-5H2,1-2H3;1H. The summed E-state index contributed by atoms with van der Waals surface area (Å²) in [4.78, 5) is 0. The van der Waals surface area contributed by atoms with Gasteiger partial charge in [0.15, 0.2) is 0 Å². The molecular weight excluding hydrogens is 172 g/mol. The van der Waals surface area contributed by atoms with Crippen LogP contribution in [0.25, 0.3) is 0 Å². The van der Waals surface area contributed by atoms with Gasteiger partial charge in [-0.05, 0) is 13.8 Å². The summed E-state index contributed by atoms with van der Waals surface area (Å²) in [6.07, 6.45) is -0.0591. The molecule has 0 saturated carbocycles. The molecule has 0 spiro atoms. The number of piperidine rings is 1. The fourth-order valence-corrected chi connectivity index (χ4v) is 1.38. The fourth-order valence-electron chi connectivity index (χ4n) is 1.38. The van der Waals surface area contributed by atoms with Gasteiger partial charge in [-0.25, -0.2) is 8.78 Å². The first kappa shape index (κ1) is 11.1. The molecule has 11 heavy (non-hydrogen) atoms. The molecule has 0 aromatic heterocycles. The molecule has 0 aromatic carbocycles. The third-order valence-corrected chi connectivity index (χ3v) is 1.79. The summed E-state index contributed by atoms with van der Waals surface area (Å²) < 4.78 is 25.3. The lowest BCUT2D eigenvalue weighted by Gasteiger charge is -2.36. The average molecular weight is 186 g/mol. The maximum absolute atomic E-state index is 12.7. The molecule has 1 aliphatic heterocycles. The third kappa shape index (κ3) is 3.34. The Hall–Kier alpha value is 0.110. The Morgan fingerprint density at radius 3 is 2.09 bits per heavy atom. The van der Waals surface area contributed by atoms with Gasteiger partial charge in [-0.15, -0.1) is 12.4 Å². The highest BCUT2D eigenvalue weighted by Gasteiger charge is 2.39. The SMILES string of the molecule is CC1(C)CC(F)(F)CCN1.Cl. The molecule has 0 unspecified atom stereocenters. The molecule has 68 valence electrons. The van der Waals surface area contributed by atoms with Crippen molar-refractivity contribution in [1.82, 2.24) is 5.32 Å². The summed E-state index contributed by atoms with van der Waals surface area (Å²) in [5, 5.41) is 3.03. The molecule has 1 heterocycles. The number of halogens is 3. The van der Waals surface area contributed by atoms with E-state index in [1.54, 1.807) is 13.8 Å². The van der Waals surface area contributed by atoms with Crippen molar-refractivity contribution in [3.8, 4) is 0 Å². The van der Waals surface area contributed by atoms with Crippen LogP contribution in [0.2, 0.25) is 0 Å². The van der Waals surface area contributed by atoms with Gasteiger partial charge < -0.3 is 5.32 Å². The van der Waals surface area contributed by atoms with E-state index in [4.69, 9.17) is 0 Å². The molecule has 0 atom stereocenters. The highest BCUT2D eigenvalue weighted by molar-refractivity contribution is 5.85. The molecule has 4 heteroatoms. The van der Waals surface area contributed by atoms with Crippen LogP contribution < -0.4 is 5.32 Å². The van der Waals surface area contributed by atoms with Gasteiger partial charge >= 0.3 is 0 Å². The number of nitrogens with one attached hydrogen (secondary N) is 1. The zero-order valence-electron chi connectivity index (χ0n) is 6.79. The summed E-state index contributed by atoms with van der Waals surface area (Å²) in [5.74, 6) is -2.45. The van der Waals surface area contributed by atoms with Crippen LogP contribution in [0.5, 0.6) is 0 Å². The molecule has 0 amide bonds. The van der Waals surface area contributed by atoms with E-state index in [2.05, 4.69) is 5.32 Å². The topological polar surface area (TPSA) is 12.0 Å². The molecule has 1 saturated heterocycles. The lowest BCUT2D eigenvalue weighted by molar-refractivity contribution is -0.0560. The van der Waals surface area contributed by atoms with Gasteiger partial charge in [0.2, 0.25) is 0 Å². The van der Waals surface area contributed by atoms with E-state index in [9.17, 15) is 8.78 Å². The fraction of sp³-hybridized carbons (Fsp3) is 1.00. The predicted octanol–water partition coefficient (Wildman–Crippen LogP) is 2.21. The van der Waals surface area contributed by atoms with Gasteiger partial charge in [-0.2, -0.15) is 0 Å². The Balaban J connectivity index is 0.000001000. The Labute approximate surface area is 72.0 Å². The molecule has 1 fully saturated rings. The van der Waals surface area contributed by atoms with Gasteiger partial charge in [0.05, 0.1) is 0 Å². The molecule has 1 aliphatic rings. The van der Waals surface area contributed by atoms with Crippen molar-refractivity contribution in [1.29, 1.82) is 0 Å². The Morgan fingerprint density at radius 1 is 1.27 bits per heavy atom. The minimum Gasteiger partial charge on any atom is -0.311 e. The van der Waals surface area contributed by atoms with Crippen molar-refractivity contribution in [2.75, 3.05) is 6.54 Å². The number of alkyl halides is 2. The average Bonchev–Trinajstić information content (AvgIpc) is 1.56. The first-order valence-corrected chi connectivity index (χ1v) is 3.54. The Kier molecular flexibility index (Phi) is 3.27. The number of hydrogen-bond acceptors (Lipinski definition) is 1. The van der Waals surface area contributed by atoms with Gasteiger partial charge in [0.1, 0.15) is 0 Å². The summed E-state index contributed by atoms with van der Waals surface area (Å²) >= 11 is 0. The second-order valence-corrected chi connectivity index (χ2v) is 3.59. The van der Waals surface area contributed by atoms with Crippen LogP contribution in [0.1, 0.15) is 26.7 Å². The lowest BCUT2D eigenvalue weighted by Crippen LogP contribution is -2.50. The van der Waals surface area contributed by atoms with Crippen molar-refractivity contribution < 1.29 is 8.78 Å². The summed E-state index contributed by atoms with van der Waals surface area (Å²) in [5.41, 5.74) is -0.387. The zero-order chi connectivity index (χ0) is 7.83. The van der Waals surface area contributed by atoms with Gasteiger partial charge in [-0.1, -0.05) is 0 Å². The molecule has 0 aliphatic carbocycles. The van der Waals surface area contributed by atoms with E-state index in [1.807, 2.05) is 0 Å². The van der Waals surface area contributed by atoms with Crippen LogP contribution >= 0.6 is 12.4 Å². The highest BCUT2D eigenvalue weighted by Crippen LogP contribution is 2.32. The summed E-state index contributed by atoms with van der Waals surface area (Å²) in [7, 11) is 0. The molecule has 0 bridgehead atoms. The maximum Gasteiger partial charge on any atom is 0.251 e. The van der Waals surface area contributed by atoms with E-state index in [1.165, 1.54) is 0 Å². The summed E-state index contributed by atoms with van der Waals surface area (Å²) in [6.45, 7) is 4.04. The van der Waals surface area contributed by atoms with Crippen LogP contribution in [-0.2, 0) is 0 Å². The minimum atomic E-state index is -2.45. The Morgan fingerprint density at radius 2 is 1.82 bits per heavy atom. The van der Waals surface area contributed by atoms with E-state index < -0.39 is 5.92 Å². The molecule has 1 N–H and O–H groups in total. The zero-order valence-corrected chi connectivity index (χ0v) is 7.60. The van der Waals surface area contributed by atoms with Gasteiger partial charge in [0, 0.05) is 24.9 Å². The molecule has 0 aromatic rings. The van der Waals surface area contributed by atoms with Gasteiger partial charge in [0.25, 0.3) is 5.92 Å². The van der Waals surface area contributed by atoms with Crippen LogP contribution in [0.15, 0.2) is 0 Å². The number of rotatable bonds is 0. The van der Waals surface area contributed by atoms with Crippen molar-refractivity contribution in [3.05, 3.63) is 0 Å². The molecule has 0 radical (unpaired) electrons. The lowest BCUT2D eigenvalue weighted by atomic mass is 9.90. The van der Waals surface area contributed by atoms with Crippen molar-refractivity contribution >= 4 is 12.4 Å². The predicted molar refractivity (Wildman–Crippen MR) is 43.5 cm³/mol. The largest absolute Gasteiger partial charge is 0.311 e. The van der Waals surface area contributed by atoms with Crippen molar-refractivity contribution in [2.45, 2.75) is 38.2 Å². The van der Waals surface area contributed by atoms with Crippen LogP contribution in [0.4, 0.5) is 8.78 Å². The van der Waals surface area contributed by atoms with Crippen molar-refractivity contribution in [2.24, 2.45) is 0 Å². The van der Waals surface area contributed by atoms with E-state index >= 15 is 0 Å². The second-order valence-electron chi connectivity index (χ2n) is 3.59. The maximum atomic E-state index is 12.7. The highest BCUT2D eigenvalue weighted by atomic mass is 35.5. The third-order valence-electron chi connectivity index (χ3n) is 1.79. The van der Waals surface area contributed by atoms with Crippen LogP contribution in [0.3, 0.4) is 0 Å². The van der Waals surface area contributed by atoms with E-state index in [0.717, 1.165) is 0 Å². The second kappa shape index (κ2) is 3.23. The van der Waals surface area contributed by atoms with Crippen LogP contribution in [-0.4, -0.2) is 18.0 Å². The molecular formula is C7H14ClF2N. The monoisotopic (exact) mass is 185 g/mol. The molecule has 1 rings (SSSR count). The number of hydrogen-bond donors (Lipinski definition) is 1. The normalized spacial score (nSPS) is 27.3. The van der Waals surface area contributed by atoms with Gasteiger partial charge in [-0.3, -0.25) is 0 Å². The Bertz CT molecular complexity index is 122. The van der Waals surface area contributed by atoms with Crippen molar-refractivity contribution in [3.63, 3.8) is 0 Å². The van der Waals surface area contributed by atoms with Crippen LogP contribution in [0, 0.1) is 0 Å². The summed E-state index contributed by atoms with van der Waals surface area (Å²) in [6, 6.07) is 0. The first-order chi connectivity index (χ1) is 4.41. The van der Waals surface area contributed by atoms with E-state index in [0.29, 0.717) is 6.54 Å². The first-order valence-electron chi connectivity index (χ1n) is 3.54. The van der Waals surface area contributed by atoms with E-state index in [-0.39, 0.29) is 30.8 Å². The molecule has 1 nitrogen and oxygen atoms in total.